The van der Waals surface area contributed by atoms with Gasteiger partial charge in [0, 0.05) is 10.1 Å². The summed E-state index contributed by atoms with van der Waals surface area (Å²) in [5.74, 6) is -0.429. The maximum Gasteiger partial charge on any atom is 0.350 e. The number of thiophene rings is 1. The van der Waals surface area contributed by atoms with Crippen LogP contribution >= 0.6 is 11.3 Å². The van der Waals surface area contributed by atoms with Crippen LogP contribution in [-0.2, 0) is 4.74 Å². The SMILES string of the molecule is CCOC(=O)c1sc2ccc(C=NNC(N)=O)cc2c1N. The number of ether oxygens (including phenoxy) is 1. The Morgan fingerprint density at radius 3 is 2.90 bits per heavy atom. The molecule has 1 aromatic carbocycles. The number of primary amides is 1. The third kappa shape index (κ3) is 3.29. The lowest BCUT2D eigenvalue weighted by atomic mass is 10.1. The van der Waals surface area contributed by atoms with Crippen molar-refractivity contribution < 1.29 is 14.3 Å². The molecule has 5 N–H and O–H groups in total. The number of amides is 2. The number of hydrogen-bond acceptors (Lipinski definition) is 6. The van der Waals surface area contributed by atoms with Gasteiger partial charge in [-0.3, -0.25) is 0 Å². The van der Waals surface area contributed by atoms with E-state index < -0.39 is 12.0 Å². The van der Waals surface area contributed by atoms with Crippen molar-refractivity contribution in [3.63, 3.8) is 0 Å². The lowest BCUT2D eigenvalue weighted by molar-refractivity contribution is 0.0533. The predicted molar refractivity (Wildman–Crippen MR) is 82.5 cm³/mol. The van der Waals surface area contributed by atoms with E-state index in [-0.39, 0.29) is 0 Å². The molecular formula is C13H14N4O3S. The molecule has 21 heavy (non-hydrogen) atoms. The minimum atomic E-state index is -0.744. The smallest absolute Gasteiger partial charge is 0.350 e. The van der Waals surface area contributed by atoms with Crippen molar-refractivity contribution in [1.82, 2.24) is 5.43 Å². The Kier molecular flexibility index (Phi) is 4.39. The van der Waals surface area contributed by atoms with Crippen LogP contribution in [0.4, 0.5) is 10.5 Å². The van der Waals surface area contributed by atoms with Crippen LogP contribution < -0.4 is 16.9 Å². The van der Waals surface area contributed by atoms with Gasteiger partial charge in [-0.1, -0.05) is 6.07 Å². The zero-order valence-corrected chi connectivity index (χ0v) is 12.1. The molecule has 0 atom stereocenters. The van der Waals surface area contributed by atoms with Gasteiger partial charge in [0.2, 0.25) is 0 Å². The second kappa shape index (κ2) is 6.23. The van der Waals surface area contributed by atoms with Gasteiger partial charge >= 0.3 is 12.0 Å². The first-order valence-corrected chi connectivity index (χ1v) is 6.92. The van der Waals surface area contributed by atoms with Gasteiger partial charge in [-0.2, -0.15) is 5.10 Å². The number of hydrazone groups is 1. The van der Waals surface area contributed by atoms with Crippen LogP contribution in [0.15, 0.2) is 23.3 Å². The third-order valence-electron chi connectivity index (χ3n) is 2.60. The zero-order valence-electron chi connectivity index (χ0n) is 11.3. The number of carbonyl (C=O) groups is 2. The lowest BCUT2D eigenvalue weighted by Crippen LogP contribution is -2.24. The zero-order chi connectivity index (χ0) is 15.4. The van der Waals surface area contributed by atoms with Crippen molar-refractivity contribution in [2.75, 3.05) is 12.3 Å². The van der Waals surface area contributed by atoms with Crippen molar-refractivity contribution in [3.05, 3.63) is 28.6 Å². The molecular weight excluding hydrogens is 292 g/mol. The Balaban J connectivity index is 2.35. The highest BCUT2D eigenvalue weighted by Gasteiger charge is 2.17. The first-order chi connectivity index (χ1) is 10.0. The molecule has 0 aliphatic rings. The van der Waals surface area contributed by atoms with Gasteiger partial charge in [-0.15, -0.1) is 11.3 Å². The average molecular weight is 306 g/mol. The van der Waals surface area contributed by atoms with Gasteiger partial charge < -0.3 is 16.2 Å². The van der Waals surface area contributed by atoms with Crippen LogP contribution in [0.3, 0.4) is 0 Å². The minimum Gasteiger partial charge on any atom is -0.462 e. The van der Waals surface area contributed by atoms with E-state index in [9.17, 15) is 9.59 Å². The topological polar surface area (TPSA) is 120 Å². The van der Waals surface area contributed by atoms with Gasteiger partial charge in [0.1, 0.15) is 4.88 Å². The molecule has 110 valence electrons. The summed E-state index contributed by atoms with van der Waals surface area (Å²) in [5.41, 5.74) is 14.1. The fourth-order valence-corrected chi connectivity index (χ4v) is 2.73. The number of hydrogen-bond donors (Lipinski definition) is 3. The second-order valence-corrected chi connectivity index (χ2v) is 5.11. The highest BCUT2D eigenvalue weighted by atomic mass is 32.1. The second-order valence-electron chi connectivity index (χ2n) is 4.06. The van der Waals surface area contributed by atoms with Crippen LogP contribution in [0, 0.1) is 0 Å². The maximum absolute atomic E-state index is 11.8. The standard InChI is InChI=1S/C13H14N4O3S/c1-2-20-12(18)11-10(14)8-5-7(3-4-9(8)21-11)6-16-17-13(15)19/h3-6H,2,14H2,1H3,(H3,15,17,19). The monoisotopic (exact) mass is 306 g/mol. The molecule has 0 spiro atoms. The van der Waals surface area contributed by atoms with E-state index in [0.717, 1.165) is 15.6 Å². The Morgan fingerprint density at radius 2 is 2.24 bits per heavy atom. The predicted octanol–water partition coefficient (Wildman–Crippen LogP) is 1.66. The summed E-state index contributed by atoms with van der Waals surface area (Å²) in [4.78, 5) is 22.7. The molecule has 0 radical (unpaired) electrons. The van der Waals surface area contributed by atoms with Gasteiger partial charge in [0.05, 0.1) is 18.5 Å². The molecule has 0 aliphatic carbocycles. The van der Waals surface area contributed by atoms with Crippen molar-refractivity contribution in [1.29, 1.82) is 0 Å². The minimum absolute atomic E-state index is 0.295. The number of nitrogens with zero attached hydrogens (tertiary/aromatic N) is 1. The molecule has 1 heterocycles. The Morgan fingerprint density at radius 1 is 1.48 bits per heavy atom. The number of nitrogens with one attached hydrogen (secondary N) is 1. The van der Waals surface area contributed by atoms with Gasteiger partial charge in [0.25, 0.3) is 0 Å². The molecule has 2 rings (SSSR count). The molecule has 8 heteroatoms. The first kappa shape index (κ1) is 14.8. The number of rotatable bonds is 4. The largest absolute Gasteiger partial charge is 0.462 e. The summed E-state index contributed by atoms with van der Waals surface area (Å²) in [7, 11) is 0. The Bertz CT molecular complexity index is 724. The summed E-state index contributed by atoms with van der Waals surface area (Å²) in [6.45, 7) is 2.03. The number of fused-ring (bicyclic) bond motifs is 1. The number of urea groups is 1. The first-order valence-electron chi connectivity index (χ1n) is 6.10. The fourth-order valence-electron chi connectivity index (χ4n) is 1.73. The highest BCUT2D eigenvalue weighted by molar-refractivity contribution is 7.21. The van der Waals surface area contributed by atoms with E-state index >= 15 is 0 Å². The number of carbonyl (C=O) groups excluding carboxylic acids is 2. The number of nitrogen functional groups attached to an aromatic ring is 1. The van der Waals surface area contributed by atoms with Crippen LogP contribution in [-0.4, -0.2) is 24.8 Å². The van der Waals surface area contributed by atoms with Crippen LogP contribution in [0.1, 0.15) is 22.2 Å². The molecule has 0 unspecified atom stereocenters. The number of esters is 1. The Labute approximate surface area is 124 Å². The summed E-state index contributed by atoms with van der Waals surface area (Å²) in [5, 5.41) is 4.41. The summed E-state index contributed by atoms with van der Waals surface area (Å²) in [6, 6.07) is 4.65. The molecule has 0 aliphatic heterocycles. The molecule has 0 fully saturated rings. The molecule has 0 saturated carbocycles. The van der Waals surface area contributed by atoms with Gasteiger partial charge in [-0.25, -0.2) is 15.0 Å². The van der Waals surface area contributed by atoms with Gasteiger partial charge in [0.15, 0.2) is 0 Å². The molecule has 2 amide bonds. The average Bonchev–Trinajstić information content (AvgIpc) is 2.76. The third-order valence-corrected chi connectivity index (χ3v) is 3.77. The van der Waals surface area contributed by atoms with Crippen molar-refractivity contribution >= 4 is 45.3 Å². The molecule has 1 aromatic heterocycles. The summed E-state index contributed by atoms with van der Waals surface area (Å²) < 4.78 is 5.83. The quantitative estimate of drug-likeness (QED) is 0.452. The normalized spacial score (nSPS) is 10.9. The Hall–Kier alpha value is -2.61. The fraction of sp³-hybridized carbons (Fsp3) is 0.154. The van der Waals surface area contributed by atoms with E-state index in [1.807, 2.05) is 6.07 Å². The maximum atomic E-state index is 11.8. The summed E-state index contributed by atoms with van der Waals surface area (Å²) >= 11 is 1.28. The molecule has 2 aromatic rings. The number of anilines is 1. The van der Waals surface area contributed by atoms with E-state index in [0.29, 0.717) is 17.2 Å². The van der Waals surface area contributed by atoms with Crippen molar-refractivity contribution in [2.24, 2.45) is 10.8 Å². The van der Waals surface area contributed by atoms with E-state index in [2.05, 4.69) is 10.5 Å². The summed E-state index contributed by atoms with van der Waals surface area (Å²) in [6.07, 6.45) is 1.44. The lowest BCUT2D eigenvalue weighted by Gasteiger charge is -1.99. The van der Waals surface area contributed by atoms with Crippen LogP contribution in [0.5, 0.6) is 0 Å². The van der Waals surface area contributed by atoms with Crippen LogP contribution in [0.25, 0.3) is 10.1 Å². The van der Waals surface area contributed by atoms with E-state index in [1.54, 1.807) is 19.1 Å². The number of nitrogens with two attached hydrogens (primary N) is 2. The van der Waals surface area contributed by atoms with E-state index in [1.165, 1.54) is 17.6 Å². The van der Waals surface area contributed by atoms with Gasteiger partial charge in [-0.05, 0) is 24.6 Å². The molecule has 0 saturated heterocycles. The molecule has 0 bridgehead atoms. The van der Waals surface area contributed by atoms with Crippen molar-refractivity contribution in [3.8, 4) is 0 Å². The molecule has 7 nitrogen and oxygen atoms in total. The number of benzene rings is 1. The highest BCUT2D eigenvalue weighted by Crippen LogP contribution is 2.34. The van der Waals surface area contributed by atoms with Crippen molar-refractivity contribution in [2.45, 2.75) is 6.92 Å². The van der Waals surface area contributed by atoms with E-state index in [4.69, 9.17) is 16.2 Å². The van der Waals surface area contributed by atoms with Crippen LogP contribution in [0.2, 0.25) is 0 Å².